The summed E-state index contributed by atoms with van der Waals surface area (Å²) in [5.41, 5.74) is 1.94. The maximum absolute atomic E-state index is 12.8. The van der Waals surface area contributed by atoms with E-state index >= 15 is 0 Å². The number of carbonyl (C=O) groups is 1. The SMILES string of the molecule is COCC(=O)NCCc1ccc(F)cc1C. The first-order valence-corrected chi connectivity index (χ1v) is 5.14. The van der Waals surface area contributed by atoms with Gasteiger partial charge in [-0.15, -0.1) is 0 Å². The van der Waals surface area contributed by atoms with Crippen LogP contribution in [0.15, 0.2) is 18.2 Å². The average Bonchev–Trinajstić information content (AvgIpc) is 2.22. The van der Waals surface area contributed by atoms with Gasteiger partial charge in [-0.2, -0.15) is 0 Å². The highest BCUT2D eigenvalue weighted by molar-refractivity contribution is 5.77. The van der Waals surface area contributed by atoms with Crippen molar-refractivity contribution in [1.82, 2.24) is 5.32 Å². The lowest BCUT2D eigenvalue weighted by atomic mass is 10.1. The van der Waals surface area contributed by atoms with E-state index in [1.807, 2.05) is 6.92 Å². The van der Waals surface area contributed by atoms with Crippen LogP contribution in [0.4, 0.5) is 4.39 Å². The Morgan fingerprint density at radius 2 is 2.25 bits per heavy atom. The van der Waals surface area contributed by atoms with E-state index in [4.69, 9.17) is 0 Å². The summed E-state index contributed by atoms with van der Waals surface area (Å²) in [5.74, 6) is -0.369. The number of nitrogens with one attached hydrogen (secondary N) is 1. The predicted octanol–water partition coefficient (Wildman–Crippen LogP) is 1.44. The van der Waals surface area contributed by atoms with Crippen LogP contribution in [0, 0.1) is 12.7 Å². The Hall–Kier alpha value is -1.42. The second-order valence-corrected chi connectivity index (χ2v) is 3.60. The predicted molar refractivity (Wildman–Crippen MR) is 59.7 cm³/mol. The van der Waals surface area contributed by atoms with Gasteiger partial charge >= 0.3 is 0 Å². The lowest BCUT2D eigenvalue weighted by Crippen LogP contribution is -2.29. The monoisotopic (exact) mass is 225 g/mol. The summed E-state index contributed by atoms with van der Waals surface area (Å²) in [5, 5.41) is 2.72. The number of ether oxygens (including phenoxy) is 1. The van der Waals surface area contributed by atoms with Crippen molar-refractivity contribution in [2.45, 2.75) is 13.3 Å². The van der Waals surface area contributed by atoms with E-state index in [1.165, 1.54) is 19.2 Å². The molecule has 0 atom stereocenters. The normalized spacial score (nSPS) is 10.2. The smallest absolute Gasteiger partial charge is 0.245 e. The van der Waals surface area contributed by atoms with Gasteiger partial charge in [-0.25, -0.2) is 4.39 Å². The van der Waals surface area contributed by atoms with Crippen molar-refractivity contribution in [2.75, 3.05) is 20.3 Å². The van der Waals surface area contributed by atoms with Gasteiger partial charge in [-0.3, -0.25) is 4.79 Å². The van der Waals surface area contributed by atoms with Crippen LogP contribution in [-0.2, 0) is 16.0 Å². The molecule has 0 aromatic heterocycles. The summed E-state index contributed by atoms with van der Waals surface area (Å²) in [6.07, 6.45) is 0.696. The fourth-order valence-corrected chi connectivity index (χ4v) is 1.46. The van der Waals surface area contributed by atoms with Crippen molar-refractivity contribution in [3.8, 4) is 0 Å². The second kappa shape index (κ2) is 6.23. The van der Waals surface area contributed by atoms with Crippen LogP contribution in [0.2, 0.25) is 0 Å². The number of carbonyl (C=O) groups excluding carboxylic acids is 1. The quantitative estimate of drug-likeness (QED) is 0.823. The summed E-state index contributed by atoms with van der Waals surface area (Å²) < 4.78 is 17.5. The molecule has 0 saturated carbocycles. The van der Waals surface area contributed by atoms with Crippen molar-refractivity contribution < 1.29 is 13.9 Å². The van der Waals surface area contributed by atoms with Gasteiger partial charge in [-0.1, -0.05) is 6.07 Å². The molecule has 88 valence electrons. The number of hydrogen-bond acceptors (Lipinski definition) is 2. The molecule has 0 aliphatic heterocycles. The van der Waals surface area contributed by atoms with E-state index < -0.39 is 0 Å². The maximum atomic E-state index is 12.8. The molecule has 16 heavy (non-hydrogen) atoms. The first kappa shape index (κ1) is 12.6. The van der Waals surface area contributed by atoms with E-state index in [9.17, 15) is 9.18 Å². The van der Waals surface area contributed by atoms with Crippen LogP contribution in [0.3, 0.4) is 0 Å². The molecule has 0 bridgehead atoms. The third-order valence-electron chi connectivity index (χ3n) is 2.30. The van der Waals surface area contributed by atoms with Gasteiger partial charge in [0.15, 0.2) is 0 Å². The molecule has 1 amide bonds. The zero-order valence-electron chi connectivity index (χ0n) is 9.55. The number of benzene rings is 1. The van der Waals surface area contributed by atoms with Crippen LogP contribution in [-0.4, -0.2) is 26.2 Å². The minimum absolute atomic E-state index is 0.0718. The highest BCUT2D eigenvalue weighted by Crippen LogP contribution is 2.10. The fraction of sp³-hybridized carbons (Fsp3) is 0.417. The van der Waals surface area contributed by atoms with Crippen molar-refractivity contribution in [3.63, 3.8) is 0 Å². The third kappa shape index (κ3) is 3.98. The summed E-state index contributed by atoms with van der Waals surface area (Å²) >= 11 is 0. The Balaban J connectivity index is 2.40. The fourth-order valence-electron chi connectivity index (χ4n) is 1.46. The van der Waals surface area contributed by atoms with E-state index in [-0.39, 0.29) is 18.3 Å². The molecule has 1 rings (SSSR count). The zero-order valence-corrected chi connectivity index (χ0v) is 9.55. The molecule has 0 spiro atoms. The van der Waals surface area contributed by atoms with Crippen LogP contribution in [0.5, 0.6) is 0 Å². The minimum atomic E-state index is -0.232. The third-order valence-corrected chi connectivity index (χ3v) is 2.30. The van der Waals surface area contributed by atoms with E-state index in [2.05, 4.69) is 10.1 Å². The van der Waals surface area contributed by atoms with Crippen molar-refractivity contribution >= 4 is 5.91 Å². The van der Waals surface area contributed by atoms with Gasteiger partial charge in [0.05, 0.1) is 0 Å². The van der Waals surface area contributed by atoms with Gasteiger partial charge in [0.2, 0.25) is 5.91 Å². The molecule has 4 heteroatoms. The van der Waals surface area contributed by atoms with Gasteiger partial charge in [0.1, 0.15) is 12.4 Å². The lowest BCUT2D eigenvalue weighted by Gasteiger charge is -2.07. The Kier molecular flexibility index (Phi) is 4.92. The second-order valence-electron chi connectivity index (χ2n) is 3.60. The van der Waals surface area contributed by atoms with Gasteiger partial charge in [0, 0.05) is 13.7 Å². The maximum Gasteiger partial charge on any atom is 0.245 e. The van der Waals surface area contributed by atoms with Crippen LogP contribution < -0.4 is 5.32 Å². The first-order chi connectivity index (χ1) is 7.63. The average molecular weight is 225 g/mol. The van der Waals surface area contributed by atoms with Crippen LogP contribution in [0.1, 0.15) is 11.1 Å². The Bertz CT molecular complexity index is 366. The molecule has 0 heterocycles. The van der Waals surface area contributed by atoms with Gasteiger partial charge in [0.25, 0.3) is 0 Å². The number of hydrogen-bond donors (Lipinski definition) is 1. The van der Waals surface area contributed by atoms with Crippen LogP contribution >= 0.6 is 0 Å². The van der Waals surface area contributed by atoms with E-state index in [1.54, 1.807) is 6.07 Å². The Morgan fingerprint density at radius 1 is 1.50 bits per heavy atom. The summed E-state index contributed by atoms with van der Waals surface area (Å²) in [4.78, 5) is 11.1. The molecule has 1 aromatic rings. The molecule has 0 aliphatic rings. The topological polar surface area (TPSA) is 38.3 Å². The highest BCUT2D eigenvalue weighted by Gasteiger charge is 2.02. The number of amides is 1. The molecule has 1 N–H and O–H groups in total. The van der Waals surface area contributed by atoms with Gasteiger partial charge < -0.3 is 10.1 Å². The molecule has 1 aromatic carbocycles. The van der Waals surface area contributed by atoms with E-state index in [0.29, 0.717) is 13.0 Å². The van der Waals surface area contributed by atoms with E-state index in [0.717, 1.165) is 11.1 Å². The standard InChI is InChI=1S/C12H16FNO2/c1-9-7-11(13)4-3-10(9)5-6-14-12(15)8-16-2/h3-4,7H,5-6,8H2,1-2H3,(H,14,15). The summed E-state index contributed by atoms with van der Waals surface area (Å²) in [6.45, 7) is 2.46. The molecule has 3 nitrogen and oxygen atoms in total. The van der Waals surface area contributed by atoms with Crippen molar-refractivity contribution in [2.24, 2.45) is 0 Å². The number of rotatable bonds is 5. The highest BCUT2D eigenvalue weighted by atomic mass is 19.1. The number of methoxy groups -OCH3 is 1. The minimum Gasteiger partial charge on any atom is -0.375 e. The summed E-state index contributed by atoms with van der Waals surface area (Å²) in [6, 6.07) is 4.67. The molecule has 0 saturated heterocycles. The molecular formula is C12H16FNO2. The summed E-state index contributed by atoms with van der Waals surface area (Å²) in [7, 11) is 1.48. The molecular weight excluding hydrogens is 209 g/mol. The largest absolute Gasteiger partial charge is 0.375 e. The van der Waals surface area contributed by atoms with Crippen LogP contribution in [0.25, 0.3) is 0 Å². The Labute approximate surface area is 94.6 Å². The molecule has 0 fully saturated rings. The van der Waals surface area contributed by atoms with Gasteiger partial charge in [-0.05, 0) is 36.6 Å². The molecule has 0 aliphatic carbocycles. The Morgan fingerprint density at radius 3 is 2.88 bits per heavy atom. The van der Waals surface area contributed by atoms with Crippen molar-refractivity contribution in [1.29, 1.82) is 0 Å². The zero-order chi connectivity index (χ0) is 12.0. The first-order valence-electron chi connectivity index (χ1n) is 5.14. The molecule has 0 unspecified atom stereocenters. The number of aryl methyl sites for hydroxylation is 1. The molecule has 0 radical (unpaired) electrons. The lowest BCUT2D eigenvalue weighted by molar-refractivity contribution is -0.124. The number of halogens is 1. The van der Waals surface area contributed by atoms with Crippen molar-refractivity contribution in [3.05, 3.63) is 35.1 Å².